The van der Waals surface area contributed by atoms with E-state index in [4.69, 9.17) is 4.98 Å². The van der Waals surface area contributed by atoms with E-state index >= 15 is 0 Å². The first-order valence-corrected chi connectivity index (χ1v) is 10.00. The predicted molar refractivity (Wildman–Crippen MR) is 113 cm³/mol. The van der Waals surface area contributed by atoms with Crippen molar-refractivity contribution in [2.24, 2.45) is 0 Å². The molecule has 1 aliphatic carbocycles. The molecule has 0 unspecified atom stereocenters. The van der Waals surface area contributed by atoms with Gasteiger partial charge in [-0.3, -0.25) is 10.3 Å². The summed E-state index contributed by atoms with van der Waals surface area (Å²) in [6.07, 6.45) is 9.25. The fourth-order valence-corrected chi connectivity index (χ4v) is 3.92. The third-order valence-electron chi connectivity index (χ3n) is 5.47. The summed E-state index contributed by atoms with van der Waals surface area (Å²) in [6.45, 7) is 4.15. The standard InChI is InChI=1S/C23H26N4O/c1-15-8-9-16(2)19(12-15)20-13-17-14-24-11-10-21(17)26-22(20)27-23(28)25-18-6-4-3-5-7-18/h8-14,18H,3-7H2,1-2H3,(H2,25,26,27,28). The van der Waals surface area contributed by atoms with Crippen LogP contribution in [0, 0.1) is 13.8 Å². The van der Waals surface area contributed by atoms with Gasteiger partial charge in [0.15, 0.2) is 0 Å². The summed E-state index contributed by atoms with van der Waals surface area (Å²) in [4.78, 5) is 21.6. The number of fused-ring (bicyclic) bond motifs is 1. The van der Waals surface area contributed by atoms with Crippen LogP contribution in [0.15, 0.2) is 42.7 Å². The summed E-state index contributed by atoms with van der Waals surface area (Å²) in [6, 6.07) is 10.3. The maximum absolute atomic E-state index is 12.7. The Labute approximate surface area is 165 Å². The number of pyridine rings is 2. The van der Waals surface area contributed by atoms with E-state index in [9.17, 15) is 4.79 Å². The van der Waals surface area contributed by atoms with Crippen molar-refractivity contribution in [2.75, 3.05) is 5.32 Å². The largest absolute Gasteiger partial charge is 0.335 e. The van der Waals surface area contributed by atoms with Gasteiger partial charge in [0.1, 0.15) is 5.82 Å². The number of nitrogens with one attached hydrogen (secondary N) is 2. The van der Waals surface area contributed by atoms with Crippen LogP contribution in [0.1, 0.15) is 43.2 Å². The van der Waals surface area contributed by atoms with Crippen molar-refractivity contribution in [3.63, 3.8) is 0 Å². The van der Waals surface area contributed by atoms with Crippen LogP contribution < -0.4 is 10.6 Å². The van der Waals surface area contributed by atoms with E-state index in [0.29, 0.717) is 5.82 Å². The zero-order chi connectivity index (χ0) is 19.5. The van der Waals surface area contributed by atoms with Crippen LogP contribution >= 0.6 is 0 Å². The third kappa shape index (κ3) is 3.98. The number of amides is 2. The molecule has 28 heavy (non-hydrogen) atoms. The van der Waals surface area contributed by atoms with Crippen LogP contribution in [0.25, 0.3) is 22.0 Å². The predicted octanol–water partition coefficient (Wildman–Crippen LogP) is 5.37. The maximum Gasteiger partial charge on any atom is 0.320 e. The number of carbonyl (C=O) groups is 1. The lowest BCUT2D eigenvalue weighted by atomic mass is 9.96. The van der Waals surface area contributed by atoms with Crippen LogP contribution in [-0.4, -0.2) is 22.0 Å². The van der Waals surface area contributed by atoms with Crippen molar-refractivity contribution in [3.8, 4) is 11.1 Å². The molecule has 5 heteroatoms. The zero-order valence-electron chi connectivity index (χ0n) is 16.5. The Morgan fingerprint density at radius 1 is 1.04 bits per heavy atom. The average Bonchev–Trinajstić information content (AvgIpc) is 2.70. The van der Waals surface area contributed by atoms with E-state index in [1.54, 1.807) is 6.20 Å². The number of anilines is 1. The molecule has 2 N–H and O–H groups in total. The van der Waals surface area contributed by atoms with Gasteiger partial charge in [0, 0.05) is 29.4 Å². The van der Waals surface area contributed by atoms with Gasteiger partial charge in [-0.1, -0.05) is 43.0 Å². The summed E-state index contributed by atoms with van der Waals surface area (Å²) >= 11 is 0. The van der Waals surface area contributed by atoms with Gasteiger partial charge in [0.05, 0.1) is 5.52 Å². The lowest BCUT2D eigenvalue weighted by molar-refractivity contribution is 0.244. The molecule has 3 aromatic rings. The molecule has 5 nitrogen and oxygen atoms in total. The summed E-state index contributed by atoms with van der Waals surface area (Å²) in [5.41, 5.74) is 5.12. The van der Waals surface area contributed by atoms with Crippen molar-refractivity contribution < 1.29 is 4.79 Å². The normalized spacial score (nSPS) is 14.8. The second kappa shape index (κ2) is 7.97. The van der Waals surface area contributed by atoms with Gasteiger partial charge >= 0.3 is 6.03 Å². The molecule has 0 aliphatic heterocycles. The number of nitrogens with zero attached hydrogens (tertiary/aromatic N) is 2. The number of carbonyl (C=O) groups excluding carboxylic acids is 1. The molecule has 0 saturated heterocycles. The quantitative estimate of drug-likeness (QED) is 0.648. The molecule has 4 rings (SSSR count). The van der Waals surface area contributed by atoms with Crippen molar-refractivity contribution in [3.05, 3.63) is 53.9 Å². The molecule has 0 bridgehead atoms. The fraction of sp³-hybridized carbons (Fsp3) is 0.348. The molecule has 1 fully saturated rings. The smallest absolute Gasteiger partial charge is 0.320 e. The topological polar surface area (TPSA) is 66.9 Å². The number of hydrogen-bond acceptors (Lipinski definition) is 3. The number of aromatic nitrogens is 2. The van der Waals surface area contributed by atoms with Gasteiger partial charge in [-0.05, 0) is 49.9 Å². The Morgan fingerprint density at radius 3 is 2.68 bits per heavy atom. The highest BCUT2D eigenvalue weighted by atomic mass is 16.2. The van der Waals surface area contributed by atoms with Gasteiger partial charge in [-0.25, -0.2) is 9.78 Å². The minimum absolute atomic E-state index is 0.181. The Morgan fingerprint density at radius 2 is 1.86 bits per heavy atom. The zero-order valence-corrected chi connectivity index (χ0v) is 16.5. The summed E-state index contributed by atoms with van der Waals surface area (Å²) in [5.74, 6) is 0.584. The van der Waals surface area contributed by atoms with Gasteiger partial charge in [0.25, 0.3) is 0 Å². The first kappa shape index (κ1) is 18.4. The van der Waals surface area contributed by atoms with Crippen molar-refractivity contribution in [2.45, 2.75) is 52.0 Å². The molecule has 1 saturated carbocycles. The third-order valence-corrected chi connectivity index (χ3v) is 5.47. The van der Waals surface area contributed by atoms with E-state index in [0.717, 1.165) is 40.4 Å². The van der Waals surface area contributed by atoms with E-state index in [-0.39, 0.29) is 12.1 Å². The second-order valence-electron chi connectivity index (χ2n) is 7.70. The molecule has 0 atom stereocenters. The molecular formula is C23H26N4O. The van der Waals surface area contributed by atoms with E-state index in [2.05, 4.69) is 53.7 Å². The molecule has 2 aromatic heterocycles. The summed E-state index contributed by atoms with van der Waals surface area (Å²) in [5, 5.41) is 7.09. The molecule has 0 radical (unpaired) electrons. The van der Waals surface area contributed by atoms with E-state index in [1.807, 2.05) is 12.3 Å². The number of benzene rings is 1. The van der Waals surface area contributed by atoms with Gasteiger partial charge in [0.2, 0.25) is 0 Å². The SMILES string of the molecule is Cc1ccc(C)c(-c2cc3cnccc3nc2NC(=O)NC2CCCCC2)c1. The van der Waals surface area contributed by atoms with Gasteiger partial charge < -0.3 is 5.32 Å². The molecule has 1 aliphatic rings. The van der Waals surface area contributed by atoms with Gasteiger partial charge in [-0.2, -0.15) is 0 Å². The molecule has 144 valence electrons. The van der Waals surface area contributed by atoms with Crippen LogP contribution in [0.4, 0.5) is 10.6 Å². The highest BCUT2D eigenvalue weighted by molar-refractivity contribution is 5.97. The number of aryl methyl sites for hydroxylation is 2. The molecule has 1 aromatic carbocycles. The molecule has 0 spiro atoms. The molecule has 2 heterocycles. The van der Waals surface area contributed by atoms with E-state index in [1.165, 1.54) is 24.8 Å². The van der Waals surface area contributed by atoms with Crippen LogP contribution in [0.5, 0.6) is 0 Å². The number of hydrogen-bond donors (Lipinski definition) is 2. The number of urea groups is 1. The Bertz CT molecular complexity index is 1010. The molecular weight excluding hydrogens is 348 g/mol. The van der Waals surface area contributed by atoms with Gasteiger partial charge in [-0.15, -0.1) is 0 Å². The first-order valence-electron chi connectivity index (χ1n) is 10.00. The van der Waals surface area contributed by atoms with Crippen molar-refractivity contribution in [1.29, 1.82) is 0 Å². The Hall–Kier alpha value is -2.95. The highest BCUT2D eigenvalue weighted by Crippen LogP contribution is 2.32. The monoisotopic (exact) mass is 374 g/mol. The first-order chi connectivity index (χ1) is 13.6. The van der Waals surface area contributed by atoms with E-state index < -0.39 is 0 Å². The van der Waals surface area contributed by atoms with Crippen molar-refractivity contribution >= 4 is 22.8 Å². The maximum atomic E-state index is 12.7. The second-order valence-corrected chi connectivity index (χ2v) is 7.70. The van der Waals surface area contributed by atoms with Crippen LogP contribution in [-0.2, 0) is 0 Å². The Kier molecular flexibility index (Phi) is 5.24. The average molecular weight is 374 g/mol. The fourth-order valence-electron chi connectivity index (χ4n) is 3.92. The lowest BCUT2D eigenvalue weighted by Gasteiger charge is -2.23. The van der Waals surface area contributed by atoms with Crippen LogP contribution in [0.3, 0.4) is 0 Å². The summed E-state index contributed by atoms with van der Waals surface area (Å²) in [7, 11) is 0. The Balaban J connectivity index is 1.71. The highest BCUT2D eigenvalue weighted by Gasteiger charge is 2.18. The molecule has 2 amide bonds. The minimum atomic E-state index is -0.181. The minimum Gasteiger partial charge on any atom is -0.335 e. The lowest BCUT2D eigenvalue weighted by Crippen LogP contribution is -2.39. The number of rotatable bonds is 3. The van der Waals surface area contributed by atoms with Crippen molar-refractivity contribution in [1.82, 2.24) is 15.3 Å². The summed E-state index contributed by atoms with van der Waals surface area (Å²) < 4.78 is 0. The van der Waals surface area contributed by atoms with Crippen LogP contribution in [0.2, 0.25) is 0 Å².